The van der Waals surface area contributed by atoms with Crippen molar-refractivity contribution in [2.75, 3.05) is 41.3 Å². The second-order valence-corrected chi connectivity index (χ2v) is 7.60. The van der Waals surface area contributed by atoms with E-state index in [4.69, 9.17) is 0 Å². The minimum absolute atomic E-state index is 0.0914. The number of pyridine rings is 1. The largest absolute Gasteiger partial charge is 0.368 e. The third-order valence-corrected chi connectivity index (χ3v) is 5.59. The zero-order valence-corrected chi connectivity index (χ0v) is 16.1. The van der Waals surface area contributed by atoms with Gasteiger partial charge in [-0.05, 0) is 48.2 Å². The lowest BCUT2D eigenvalue weighted by molar-refractivity contribution is 0.103. The molecule has 4 rings (SSSR count). The van der Waals surface area contributed by atoms with Crippen molar-refractivity contribution in [2.24, 2.45) is 0 Å². The van der Waals surface area contributed by atoms with Crippen LogP contribution in [0, 0.1) is 6.92 Å². The van der Waals surface area contributed by atoms with E-state index in [9.17, 15) is 4.79 Å². The number of amides is 1. The van der Waals surface area contributed by atoms with Gasteiger partial charge in [-0.2, -0.15) is 0 Å². The van der Waals surface area contributed by atoms with E-state index in [1.165, 1.54) is 22.6 Å². The van der Waals surface area contributed by atoms with E-state index in [0.29, 0.717) is 4.88 Å². The zero-order chi connectivity index (χ0) is 18.6. The Labute approximate surface area is 163 Å². The topological polar surface area (TPSA) is 48.5 Å². The van der Waals surface area contributed by atoms with E-state index in [0.717, 1.165) is 37.7 Å². The van der Waals surface area contributed by atoms with Crippen LogP contribution in [-0.2, 0) is 0 Å². The first-order chi connectivity index (χ1) is 13.2. The summed E-state index contributed by atoms with van der Waals surface area (Å²) >= 11 is 1.43. The molecule has 0 atom stereocenters. The number of rotatable bonds is 4. The first kappa shape index (κ1) is 17.5. The molecule has 1 aliphatic heterocycles. The fraction of sp³-hybridized carbons (Fsp3) is 0.238. The second kappa shape index (κ2) is 7.80. The molecule has 6 heteroatoms. The average molecular weight is 379 g/mol. The molecule has 0 saturated carbocycles. The molecule has 1 fully saturated rings. The molecule has 138 valence electrons. The van der Waals surface area contributed by atoms with Crippen LogP contribution in [-0.4, -0.2) is 37.1 Å². The number of nitrogens with zero attached hydrogens (tertiary/aromatic N) is 3. The summed E-state index contributed by atoms with van der Waals surface area (Å²) in [7, 11) is 0. The monoisotopic (exact) mass is 378 g/mol. The molecule has 0 unspecified atom stereocenters. The fourth-order valence-corrected chi connectivity index (χ4v) is 3.88. The number of nitrogens with one attached hydrogen (secondary N) is 1. The van der Waals surface area contributed by atoms with Gasteiger partial charge in [0.25, 0.3) is 5.91 Å². The molecule has 0 radical (unpaired) electrons. The number of carbonyl (C=O) groups is 1. The summed E-state index contributed by atoms with van der Waals surface area (Å²) in [5.41, 5.74) is 3.29. The molecular weight excluding hydrogens is 356 g/mol. The van der Waals surface area contributed by atoms with E-state index in [-0.39, 0.29) is 5.91 Å². The van der Waals surface area contributed by atoms with Crippen LogP contribution < -0.4 is 15.1 Å². The van der Waals surface area contributed by atoms with Gasteiger partial charge in [0.15, 0.2) is 0 Å². The lowest BCUT2D eigenvalue weighted by atomic mass is 10.2. The molecule has 1 N–H and O–H groups in total. The highest BCUT2D eigenvalue weighted by atomic mass is 32.1. The fourth-order valence-electron chi connectivity index (χ4n) is 3.27. The van der Waals surface area contributed by atoms with Crippen molar-refractivity contribution in [2.45, 2.75) is 6.92 Å². The van der Waals surface area contributed by atoms with Crippen LogP contribution in [0.25, 0.3) is 0 Å². The molecule has 0 aliphatic carbocycles. The van der Waals surface area contributed by atoms with E-state index in [2.05, 4.69) is 51.3 Å². The van der Waals surface area contributed by atoms with E-state index in [1.807, 2.05) is 29.6 Å². The molecule has 2 aromatic heterocycles. The van der Waals surface area contributed by atoms with Gasteiger partial charge < -0.3 is 15.1 Å². The summed E-state index contributed by atoms with van der Waals surface area (Å²) in [6.07, 6.45) is 1.73. The van der Waals surface area contributed by atoms with Crippen molar-refractivity contribution >= 4 is 34.4 Å². The number of piperazine rings is 1. The third kappa shape index (κ3) is 4.11. The van der Waals surface area contributed by atoms with Crippen molar-refractivity contribution < 1.29 is 4.79 Å². The van der Waals surface area contributed by atoms with Crippen LogP contribution in [0.3, 0.4) is 0 Å². The van der Waals surface area contributed by atoms with Crippen molar-refractivity contribution in [3.8, 4) is 0 Å². The van der Waals surface area contributed by atoms with Crippen LogP contribution in [0.5, 0.6) is 0 Å². The van der Waals surface area contributed by atoms with Crippen LogP contribution in [0.15, 0.2) is 60.1 Å². The maximum Gasteiger partial charge on any atom is 0.265 e. The maximum atomic E-state index is 12.1. The molecule has 27 heavy (non-hydrogen) atoms. The van der Waals surface area contributed by atoms with Crippen LogP contribution in [0.1, 0.15) is 15.2 Å². The molecule has 1 aromatic carbocycles. The molecule has 0 spiro atoms. The van der Waals surface area contributed by atoms with Gasteiger partial charge in [-0.25, -0.2) is 4.98 Å². The van der Waals surface area contributed by atoms with Crippen LogP contribution in [0.4, 0.5) is 17.2 Å². The number of thiophene rings is 1. The Balaban J connectivity index is 1.35. The summed E-state index contributed by atoms with van der Waals surface area (Å²) in [6, 6.07) is 16.2. The number of hydrogen-bond acceptors (Lipinski definition) is 5. The Morgan fingerprint density at radius 3 is 2.52 bits per heavy atom. The molecule has 1 amide bonds. The number of aromatic nitrogens is 1. The minimum Gasteiger partial charge on any atom is -0.368 e. The molecule has 3 heterocycles. The Hall–Kier alpha value is -2.86. The van der Waals surface area contributed by atoms with Crippen molar-refractivity contribution in [1.82, 2.24) is 4.98 Å². The first-order valence-electron chi connectivity index (χ1n) is 9.06. The van der Waals surface area contributed by atoms with Crippen molar-refractivity contribution in [1.29, 1.82) is 0 Å². The smallest absolute Gasteiger partial charge is 0.265 e. The van der Waals surface area contributed by atoms with Crippen molar-refractivity contribution in [3.63, 3.8) is 0 Å². The highest BCUT2D eigenvalue weighted by molar-refractivity contribution is 7.12. The van der Waals surface area contributed by atoms with Crippen LogP contribution in [0.2, 0.25) is 0 Å². The molecule has 1 saturated heterocycles. The number of carbonyl (C=O) groups excluding carboxylic acids is 1. The van der Waals surface area contributed by atoms with Gasteiger partial charge in [0.1, 0.15) is 5.82 Å². The SMILES string of the molecule is Cc1cccc(N2CCN(c3ccc(NC(=O)c4cccs4)cn3)CC2)c1. The summed E-state index contributed by atoms with van der Waals surface area (Å²) in [6.45, 7) is 5.94. The molecule has 3 aromatic rings. The Morgan fingerprint density at radius 1 is 1.04 bits per heavy atom. The third-order valence-electron chi connectivity index (χ3n) is 4.72. The predicted molar refractivity (Wildman–Crippen MR) is 112 cm³/mol. The summed E-state index contributed by atoms with van der Waals surface area (Å²) in [5.74, 6) is 0.860. The van der Waals surface area contributed by atoms with Gasteiger partial charge in [0.05, 0.1) is 16.8 Å². The van der Waals surface area contributed by atoms with E-state index >= 15 is 0 Å². The van der Waals surface area contributed by atoms with E-state index in [1.54, 1.807) is 6.20 Å². The van der Waals surface area contributed by atoms with E-state index < -0.39 is 0 Å². The van der Waals surface area contributed by atoms with Gasteiger partial charge in [0.2, 0.25) is 0 Å². The second-order valence-electron chi connectivity index (χ2n) is 6.65. The summed E-state index contributed by atoms with van der Waals surface area (Å²) < 4.78 is 0. The highest BCUT2D eigenvalue weighted by Crippen LogP contribution is 2.21. The molecule has 1 aliphatic rings. The van der Waals surface area contributed by atoms with Gasteiger partial charge >= 0.3 is 0 Å². The number of aryl methyl sites for hydroxylation is 1. The maximum absolute atomic E-state index is 12.1. The summed E-state index contributed by atoms with van der Waals surface area (Å²) in [5, 5.41) is 4.79. The Kier molecular flexibility index (Phi) is 5.07. The van der Waals surface area contributed by atoms with Gasteiger partial charge in [-0.1, -0.05) is 18.2 Å². The van der Waals surface area contributed by atoms with Gasteiger partial charge in [-0.3, -0.25) is 4.79 Å². The normalized spacial score (nSPS) is 14.3. The molecular formula is C21H22N4OS. The highest BCUT2D eigenvalue weighted by Gasteiger charge is 2.18. The van der Waals surface area contributed by atoms with Gasteiger partial charge in [0, 0.05) is 31.9 Å². The number of benzene rings is 1. The number of hydrogen-bond donors (Lipinski definition) is 1. The number of anilines is 3. The Bertz CT molecular complexity index is 900. The average Bonchev–Trinajstić information content (AvgIpc) is 3.24. The standard InChI is InChI=1S/C21H22N4OS/c1-16-4-2-5-18(14-16)24-9-11-25(12-10-24)20-8-7-17(15-22-20)23-21(26)19-6-3-13-27-19/h2-8,13-15H,9-12H2,1H3,(H,23,26). The molecule has 5 nitrogen and oxygen atoms in total. The zero-order valence-electron chi connectivity index (χ0n) is 15.3. The molecule has 0 bridgehead atoms. The Morgan fingerprint density at radius 2 is 1.85 bits per heavy atom. The predicted octanol–water partition coefficient (Wildman–Crippen LogP) is 4.03. The van der Waals surface area contributed by atoms with Crippen LogP contribution >= 0.6 is 11.3 Å². The lowest BCUT2D eigenvalue weighted by Crippen LogP contribution is -2.46. The van der Waals surface area contributed by atoms with Crippen molar-refractivity contribution in [3.05, 3.63) is 70.5 Å². The first-order valence-corrected chi connectivity index (χ1v) is 9.94. The summed E-state index contributed by atoms with van der Waals surface area (Å²) in [4.78, 5) is 22.1. The quantitative estimate of drug-likeness (QED) is 0.745. The van der Waals surface area contributed by atoms with Gasteiger partial charge in [-0.15, -0.1) is 11.3 Å². The lowest BCUT2D eigenvalue weighted by Gasteiger charge is -2.36. The minimum atomic E-state index is -0.0914.